The number of nitrogens with zero attached hydrogens (tertiary/aromatic N) is 1. The number of pyridine rings is 1. The van der Waals surface area contributed by atoms with E-state index in [2.05, 4.69) is 27.8 Å². The maximum absolute atomic E-state index is 12.1. The van der Waals surface area contributed by atoms with E-state index in [9.17, 15) is 4.79 Å². The van der Waals surface area contributed by atoms with Gasteiger partial charge in [-0.15, -0.1) is 0 Å². The van der Waals surface area contributed by atoms with Gasteiger partial charge in [0.1, 0.15) is 0 Å². The molecule has 0 spiro atoms. The fraction of sp³-hybridized carbons (Fsp3) is 0.529. The highest BCUT2D eigenvalue weighted by atomic mass is 16.2. The molecule has 1 heterocycles. The van der Waals surface area contributed by atoms with Gasteiger partial charge in [0, 0.05) is 12.7 Å². The average molecular weight is 285 g/mol. The van der Waals surface area contributed by atoms with E-state index in [1.807, 2.05) is 19.9 Å². The van der Waals surface area contributed by atoms with Gasteiger partial charge in [0.15, 0.2) is 0 Å². The van der Waals surface area contributed by atoms with E-state index in [-0.39, 0.29) is 6.03 Å². The SMILES string of the molecule is Cc1ccnc(C)c1NC(=O)NCC1CC2C=CC1CC2. The highest BCUT2D eigenvalue weighted by molar-refractivity contribution is 5.90. The zero-order valence-electron chi connectivity index (χ0n) is 12.7. The van der Waals surface area contributed by atoms with E-state index in [4.69, 9.17) is 0 Å². The van der Waals surface area contributed by atoms with Gasteiger partial charge in [-0.2, -0.15) is 0 Å². The Kier molecular flexibility index (Phi) is 3.95. The van der Waals surface area contributed by atoms with E-state index >= 15 is 0 Å². The van der Waals surface area contributed by atoms with Crippen LogP contribution in [-0.2, 0) is 0 Å². The average Bonchev–Trinajstić information content (AvgIpc) is 2.50. The van der Waals surface area contributed by atoms with Crippen LogP contribution in [0, 0.1) is 31.6 Å². The number of nitrogens with one attached hydrogen (secondary N) is 2. The molecule has 4 heteroatoms. The number of hydrogen-bond acceptors (Lipinski definition) is 2. The van der Waals surface area contributed by atoms with Gasteiger partial charge in [0.25, 0.3) is 0 Å². The summed E-state index contributed by atoms with van der Waals surface area (Å²) in [4.78, 5) is 16.3. The number of carbonyl (C=O) groups excluding carboxylic acids is 1. The molecule has 1 aromatic rings. The molecule has 1 saturated carbocycles. The molecular formula is C17H23N3O. The van der Waals surface area contributed by atoms with E-state index in [0.717, 1.165) is 29.4 Å². The van der Waals surface area contributed by atoms with Crippen molar-refractivity contribution in [3.05, 3.63) is 35.7 Å². The van der Waals surface area contributed by atoms with E-state index in [0.29, 0.717) is 11.8 Å². The summed E-state index contributed by atoms with van der Waals surface area (Å²) in [5.74, 6) is 1.97. The van der Waals surface area contributed by atoms with Crippen LogP contribution in [0.5, 0.6) is 0 Å². The number of allylic oxidation sites excluding steroid dienone is 2. The molecule has 112 valence electrons. The Morgan fingerprint density at radius 2 is 2.19 bits per heavy atom. The molecule has 1 fully saturated rings. The summed E-state index contributed by atoms with van der Waals surface area (Å²) >= 11 is 0. The fourth-order valence-electron chi connectivity index (χ4n) is 3.55. The molecule has 0 aliphatic heterocycles. The molecule has 4 rings (SSSR count). The third-order valence-electron chi connectivity index (χ3n) is 4.82. The lowest BCUT2D eigenvalue weighted by Crippen LogP contribution is -2.39. The zero-order valence-corrected chi connectivity index (χ0v) is 12.7. The smallest absolute Gasteiger partial charge is 0.319 e. The molecule has 2 N–H and O–H groups in total. The summed E-state index contributed by atoms with van der Waals surface area (Å²) in [5.41, 5.74) is 2.71. The van der Waals surface area contributed by atoms with Crippen LogP contribution in [0.25, 0.3) is 0 Å². The number of rotatable bonds is 3. The Bertz CT molecular complexity index is 547. The summed E-state index contributed by atoms with van der Waals surface area (Å²) in [6.45, 7) is 4.65. The number of hydrogen-bond donors (Lipinski definition) is 2. The van der Waals surface area contributed by atoms with Crippen molar-refractivity contribution in [3.63, 3.8) is 0 Å². The van der Waals surface area contributed by atoms with Gasteiger partial charge in [0.2, 0.25) is 0 Å². The van der Waals surface area contributed by atoms with Crippen LogP contribution in [0.3, 0.4) is 0 Å². The van der Waals surface area contributed by atoms with Crippen molar-refractivity contribution in [1.82, 2.24) is 10.3 Å². The van der Waals surface area contributed by atoms with Gasteiger partial charge >= 0.3 is 6.03 Å². The summed E-state index contributed by atoms with van der Waals surface area (Å²) in [6.07, 6.45) is 10.3. The first-order valence-corrected chi connectivity index (χ1v) is 7.79. The third-order valence-corrected chi connectivity index (χ3v) is 4.82. The van der Waals surface area contributed by atoms with Crippen molar-refractivity contribution in [2.75, 3.05) is 11.9 Å². The Labute approximate surface area is 126 Å². The van der Waals surface area contributed by atoms with Crippen LogP contribution in [0.1, 0.15) is 30.5 Å². The predicted molar refractivity (Wildman–Crippen MR) is 84.2 cm³/mol. The van der Waals surface area contributed by atoms with Crippen LogP contribution >= 0.6 is 0 Å². The minimum atomic E-state index is -0.125. The molecule has 2 amide bonds. The monoisotopic (exact) mass is 285 g/mol. The maximum Gasteiger partial charge on any atom is 0.319 e. The van der Waals surface area contributed by atoms with Crippen molar-refractivity contribution in [2.24, 2.45) is 17.8 Å². The molecule has 1 aromatic heterocycles. The fourth-order valence-corrected chi connectivity index (χ4v) is 3.55. The Morgan fingerprint density at radius 1 is 1.33 bits per heavy atom. The van der Waals surface area contributed by atoms with Crippen molar-refractivity contribution >= 4 is 11.7 Å². The second-order valence-electron chi connectivity index (χ2n) is 6.31. The number of anilines is 1. The molecule has 4 nitrogen and oxygen atoms in total. The minimum Gasteiger partial charge on any atom is -0.338 e. The first-order valence-electron chi connectivity index (χ1n) is 7.79. The Balaban J connectivity index is 1.54. The summed E-state index contributed by atoms with van der Waals surface area (Å²) in [6, 6.07) is 1.78. The van der Waals surface area contributed by atoms with Crippen LogP contribution < -0.4 is 10.6 Å². The van der Waals surface area contributed by atoms with Crippen molar-refractivity contribution in [1.29, 1.82) is 0 Å². The molecule has 0 radical (unpaired) electrons. The van der Waals surface area contributed by atoms with Crippen LogP contribution in [-0.4, -0.2) is 17.6 Å². The van der Waals surface area contributed by atoms with E-state index in [1.54, 1.807) is 6.20 Å². The first-order chi connectivity index (χ1) is 10.1. The van der Waals surface area contributed by atoms with E-state index in [1.165, 1.54) is 19.3 Å². The number of aromatic nitrogens is 1. The largest absolute Gasteiger partial charge is 0.338 e. The van der Waals surface area contributed by atoms with Gasteiger partial charge in [-0.3, -0.25) is 4.98 Å². The van der Waals surface area contributed by atoms with Gasteiger partial charge in [0.05, 0.1) is 11.4 Å². The molecule has 2 bridgehead atoms. The third kappa shape index (κ3) is 3.09. The number of aryl methyl sites for hydroxylation is 2. The first kappa shape index (κ1) is 14.1. The molecule has 0 aromatic carbocycles. The standard InChI is InChI=1S/C17H23N3O/c1-11-7-8-18-12(2)16(11)20-17(21)19-10-15-9-13-3-5-14(15)6-4-13/h3,5,7-8,13-15H,4,6,9-10H2,1-2H3,(H2,19,20,21). The number of urea groups is 1. The molecule has 21 heavy (non-hydrogen) atoms. The molecular weight excluding hydrogens is 262 g/mol. The predicted octanol–water partition coefficient (Wildman–Crippen LogP) is 3.42. The second-order valence-corrected chi connectivity index (χ2v) is 6.31. The lowest BCUT2D eigenvalue weighted by Gasteiger charge is -2.38. The molecule has 3 atom stereocenters. The highest BCUT2D eigenvalue weighted by Crippen LogP contribution is 2.39. The number of carbonyl (C=O) groups is 1. The van der Waals surface area contributed by atoms with Crippen molar-refractivity contribution < 1.29 is 4.79 Å². The summed E-state index contributed by atoms with van der Waals surface area (Å²) in [5, 5.41) is 5.96. The molecule has 3 aliphatic carbocycles. The second kappa shape index (κ2) is 5.88. The normalized spacial score (nSPS) is 26.7. The molecule has 0 saturated heterocycles. The van der Waals surface area contributed by atoms with Crippen LogP contribution in [0.4, 0.5) is 10.5 Å². The lowest BCUT2D eigenvalue weighted by molar-refractivity contribution is 0.211. The van der Waals surface area contributed by atoms with Gasteiger partial charge in [-0.1, -0.05) is 12.2 Å². The Morgan fingerprint density at radius 3 is 2.81 bits per heavy atom. The summed E-state index contributed by atoms with van der Waals surface area (Å²) < 4.78 is 0. The number of amides is 2. The zero-order chi connectivity index (χ0) is 14.8. The van der Waals surface area contributed by atoms with E-state index < -0.39 is 0 Å². The van der Waals surface area contributed by atoms with Gasteiger partial charge < -0.3 is 10.6 Å². The van der Waals surface area contributed by atoms with Gasteiger partial charge in [-0.25, -0.2) is 4.79 Å². The summed E-state index contributed by atoms with van der Waals surface area (Å²) in [7, 11) is 0. The quantitative estimate of drug-likeness (QED) is 0.836. The van der Waals surface area contributed by atoms with Crippen molar-refractivity contribution in [2.45, 2.75) is 33.1 Å². The highest BCUT2D eigenvalue weighted by Gasteiger charge is 2.31. The van der Waals surface area contributed by atoms with Crippen molar-refractivity contribution in [3.8, 4) is 0 Å². The maximum atomic E-state index is 12.1. The number of fused-ring (bicyclic) bond motifs is 2. The minimum absolute atomic E-state index is 0.125. The lowest BCUT2D eigenvalue weighted by atomic mass is 9.69. The van der Waals surface area contributed by atoms with Crippen LogP contribution in [0.2, 0.25) is 0 Å². The Hall–Kier alpha value is -1.84. The van der Waals surface area contributed by atoms with Crippen LogP contribution in [0.15, 0.2) is 24.4 Å². The van der Waals surface area contributed by atoms with Gasteiger partial charge in [-0.05, 0) is 62.5 Å². The topological polar surface area (TPSA) is 54.0 Å². The molecule has 3 unspecified atom stereocenters. The molecule has 3 aliphatic rings.